The number of carbonyl (C=O) groups is 1. The summed E-state index contributed by atoms with van der Waals surface area (Å²) in [4.78, 5) is 34.2. The summed E-state index contributed by atoms with van der Waals surface area (Å²) in [5.74, 6) is -2.82. The number of likely N-dealkylation sites (tertiary alicyclic amines) is 1. The van der Waals surface area contributed by atoms with Crippen LogP contribution in [0.3, 0.4) is 0 Å². The number of anilines is 1. The van der Waals surface area contributed by atoms with E-state index in [2.05, 4.69) is 25.1 Å². The third-order valence-corrected chi connectivity index (χ3v) is 6.21. The number of piperidine rings is 1. The van der Waals surface area contributed by atoms with Crippen molar-refractivity contribution in [2.75, 3.05) is 18.4 Å². The van der Waals surface area contributed by atoms with Crippen molar-refractivity contribution < 1.29 is 40.4 Å². The van der Waals surface area contributed by atoms with Crippen molar-refractivity contribution in [3.63, 3.8) is 0 Å². The lowest BCUT2D eigenvalue weighted by Crippen LogP contribution is -2.41. The smallest absolute Gasteiger partial charge is 0.336 e. The molecule has 1 aromatic carbocycles. The van der Waals surface area contributed by atoms with E-state index in [1.807, 2.05) is 5.32 Å². The molecule has 1 N–H and O–H groups in total. The molecule has 0 spiro atoms. The summed E-state index contributed by atoms with van der Waals surface area (Å²) in [6.07, 6.45) is -6.55. The zero-order valence-electron chi connectivity index (χ0n) is 21.5. The number of para-hydroxylation sites is 1. The van der Waals surface area contributed by atoms with Crippen LogP contribution >= 0.6 is 0 Å². The zero-order valence-corrected chi connectivity index (χ0v) is 21.5. The molecule has 0 unspecified atom stereocenters. The second-order valence-corrected chi connectivity index (χ2v) is 9.05. The average Bonchev–Trinajstić information content (AvgIpc) is 2.92. The summed E-state index contributed by atoms with van der Waals surface area (Å²) in [5, 5.41) is 5.92. The van der Waals surface area contributed by atoms with Crippen LogP contribution in [0.5, 0.6) is 5.88 Å². The van der Waals surface area contributed by atoms with Gasteiger partial charge in [0.2, 0.25) is 5.82 Å². The first-order valence-electron chi connectivity index (χ1n) is 12.1. The van der Waals surface area contributed by atoms with Crippen molar-refractivity contribution in [1.82, 2.24) is 24.8 Å². The van der Waals surface area contributed by atoms with Crippen molar-refractivity contribution >= 4 is 17.4 Å². The molecule has 1 aliphatic heterocycles. The van der Waals surface area contributed by atoms with Gasteiger partial charge in [0.25, 0.3) is 5.88 Å². The Bertz CT molecular complexity index is 1450. The number of hydrogen-bond donors (Lipinski definition) is 1. The average molecular weight is 585 g/mol. The molecular weight excluding hydrogens is 563 g/mol. The maximum absolute atomic E-state index is 14.2. The van der Waals surface area contributed by atoms with Crippen LogP contribution in [0.25, 0.3) is 0 Å². The number of aryl methyl sites for hydroxylation is 1. The Labute approximate surface area is 228 Å². The highest BCUT2D eigenvalue weighted by Crippen LogP contribution is 2.37. The molecule has 0 bridgehead atoms. The van der Waals surface area contributed by atoms with Gasteiger partial charge in [0.05, 0.1) is 22.7 Å². The molecule has 41 heavy (non-hydrogen) atoms. The highest BCUT2D eigenvalue weighted by atomic mass is 19.4. The Morgan fingerprint density at radius 1 is 1.05 bits per heavy atom. The fourth-order valence-corrected chi connectivity index (χ4v) is 4.20. The molecule has 2 aromatic heterocycles. The molecule has 3 heterocycles. The van der Waals surface area contributed by atoms with Gasteiger partial charge in [-0.1, -0.05) is 11.2 Å². The number of urea groups is 1. The highest BCUT2D eigenvalue weighted by molar-refractivity contribution is 5.99. The molecular formula is C25H22F7N7O2. The summed E-state index contributed by atoms with van der Waals surface area (Å²) in [6.45, 7) is 3.45. The first-order chi connectivity index (χ1) is 19.2. The molecule has 218 valence electrons. The number of amides is 2. The minimum absolute atomic E-state index is 0.128. The molecule has 3 aromatic rings. The van der Waals surface area contributed by atoms with E-state index in [-0.39, 0.29) is 24.7 Å². The lowest BCUT2D eigenvalue weighted by atomic mass is 9.90. The molecule has 0 aliphatic carbocycles. The zero-order chi connectivity index (χ0) is 29.9. The molecule has 1 aliphatic rings. The van der Waals surface area contributed by atoms with E-state index < -0.39 is 47.2 Å². The minimum Gasteiger partial charge on any atom is -0.336 e. The van der Waals surface area contributed by atoms with E-state index in [4.69, 9.17) is 4.84 Å². The first-order valence-corrected chi connectivity index (χ1v) is 12.1. The van der Waals surface area contributed by atoms with Crippen molar-refractivity contribution in [2.45, 2.75) is 45.0 Å². The second kappa shape index (κ2) is 11.6. The van der Waals surface area contributed by atoms with E-state index in [0.717, 1.165) is 24.4 Å². The fourth-order valence-electron chi connectivity index (χ4n) is 4.20. The van der Waals surface area contributed by atoms with Gasteiger partial charge >= 0.3 is 18.4 Å². The summed E-state index contributed by atoms with van der Waals surface area (Å²) < 4.78 is 92.7. The van der Waals surface area contributed by atoms with Crippen LogP contribution in [-0.4, -0.2) is 49.7 Å². The Morgan fingerprint density at radius 2 is 1.76 bits per heavy atom. The maximum atomic E-state index is 14.2. The molecule has 2 amide bonds. The lowest BCUT2D eigenvalue weighted by molar-refractivity contribution is -0.145. The van der Waals surface area contributed by atoms with E-state index in [1.54, 1.807) is 13.8 Å². The Hall–Kier alpha value is -4.37. The minimum atomic E-state index is -4.86. The fraction of sp³-hybridized carbons (Fsp3) is 0.360. The van der Waals surface area contributed by atoms with Crippen LogP contribution in [0, 0.1) is 12.7 Å². The van der Waals surface area contributed by atoms with Crippen molar-refractivity contribution in [2.24, 2.45) is 5.16 Å². The number of rotatable bonds is 5. The van der Waals surface area contributed by atoms with E-state index in [0.29, 0.717) is 36.0 Å². The monoisotopic (exact) mass is 585 g/mol. The van der Waals surface area contributed by atoms with Crippen LogP contribution in [0.1, 0.15) is 54.2 Å². The molecule has 0 saturated carbocycles. The summed E-state index contributed by atoms with van der Waals surface area (Å²) in [7, 11) is 0. The topological polar surface area (TPSA) is 105 Å². The first kappa shape index (κ1) is 29.6. The molecule has 0 atom stereocenters. The number of halogens is 7. The summed E-state index contributed by atoms with van der Waals surface area (Å²) >= 11 is 0. The second-order valence-electron chi connectivity index (χ2n) is 9.05. The quantitative estimate of drug-likeness (QED) is 0.225. The number of benzene rings is 1. The van der Waals surface area contributed by atoms with Gasteiger partial charge < -0.3 is 15.1 Å². The van der Waals surface area contributed by atoms with Crippen molar-refractivity contribution in [1.29, 1.82) is 0 Å². The van der Waals surface area contributed by atoms with E-state index in [1.165, 1.54) is 11.1 Å². The standard InChI is InChI=1S/C25H22F7N7O2/c1-13(38-41-19-6-9-33-22(36-19)25(30,31)32)16-12-34-14(2)35-20(16)15-7-10-39(11-8-15)23(40)37-21-17(24(27,28)29)4-3-5-18(21)26/h3-6,9,12,15H,7-8,10-11H2,1-2H3,(H,37,40). The number of oxime groups is 1. The van der Waals surface area contributed by atoms with Crippen molar-refractivity contribution in [3.05, 3.63) is 70.9 Å². The van der Waals surface area contributed by atoms with E-state index >= 15 is 0 Å². The number of nitrogens with zero attached hydrogens (tertiary/aromatic N) is 6. The van der Waals surface area contributed by atoms with Crippen LogP contribution in [0.15, 0.2) is 41.8 Å². The Balaban J connectivity index is 1.47. The van der Waals surface area contributed by atoms with Gasteiger partial charge in [-0.2, -0.15) is 31.3 Å². The van der Waals surface area contributed by atoms with Gasteiger partial charge in [0, 0.05) is 43.0 Å². The molecule has 1 saturated heterocycles. The molecule has 0 radical (unpaired) electrons. The molecule has 4 rings (SSSR count). The molecule has 9 nitrogen and oxygen atoms in total. The normalized spacial score (nSPS) is 15.1. The number of aromatic nitrogens is 4. The number of alkyl halides is 6. The number of hydrogen-bond acceptors (Lipinski definition) is 7. The Morgan fingerprint density at radius 3 is 2.41 bits per heavy atom. The SMILES string of the molecule is CC(=NOc1ccnc(C(F)(F)F)n1)c1cnc(C)nc1C1CCN(C(=O)Nc2c(F)cccc2C(F)(F)F)CC1. The van der Waals surface area contributed by atoms with Gasteiger partial charge in [0.1, 0.15) is 11.6 Å². The molecule has 1 fully saturated rings. The third kappa shape index (κ3) is 7.05. The number of carbonyl (C=O) groups excluding carboxylic acids is 1. The van der Waals surface area contributed by atoms with Crippen LogP contribution in [-0.2, 0) is 12.4 Å². The Kier molecular flexibility index (Phi) is 8.39. The predicted molar refractivity (Wildman–Crippen MR) is 131 cm³/mol. The highest BCUT2D eigenvalue weighted by Gasteiger charge is 2.37. The summed E-state index contributed by atoms with van der Waals surface area (Å²) in [5.41, 5.74) is -1.000. The summed E-state index contributed by atoms with van der Waals surface area (Å²) in [6, 6.07) is 2.64. The number of nitrogens with one attached hydrogen (secondary N) is 1. The van der Waals surface area contributed by atoms with Gasteiger partial charge in [-0.25, -0.2) is 24.1 Å². The van der Waals surface area contributed by atoms with Gasteiger partial charge in [0.15, 0.2) is 0 Å². The van der Waals surface area contributed by atoms with Gasteiger partial charge in [-0.3, -0.25) is 0 Å². The van der Waals surface area contributed by atoms with E-state index in [9.17, 15) is 35.5 Å². The maximum Gasteiger partial charge on any atom is 0.451 e. The van der Waals surface area contributed by atoms with Gasteiger partial charge in [-0.05, 0) is 38.8 Å². The third-order valence-electron chi connectivity index (χ3n) is 6.21. The lowest BCUT2D eigenvalue weighted by Gasteiger charge is -2.32. The van der Waals surface area contributed by atoms with Crippen molar-refractivity contribution in [3.8, 4) is 5.88 Å². The predicted octanol–water partition coefficient (Wildman–Crippen LogP) is 5.97. The van der Waals surface area contributed by atoms with Crippen LogP contribution in [0.4, 0.5) is 41.2 Å². The van der Waals surface area contributed by atoms with Crippen LogP contribution < -0.4 is 10.2 Å². The van der Waals surface area contributed by atoms with Gasteiger partial charge in [-0.15, -0.1) is 0 Å². The molecule has 16 heteroatoms. The largest absolute Gasteiger partial charge is 0.451 e. The van der Waals surface area contributed by atoms with Crippen LogP contribution in [0.2, 0.25) is 0 Å².